The van der Waals surface area contributed by atoms with Gasteiger partial charge in [0.25, 0.3) is 0 Å². The number of ether oxygens (including phenoxy) is 4. The zero-order valence-electron chi connectivity index (χ0n) is 22.5. The summed E-state index contributed by atoms with van der Waals surface area (Å²) in [7, 11) is 0. The van der Waals surface area contributed by atoms with Crippen molar-refractivity contribution in [3.63, 3.8) is 0 Å². The molecule has 0 heterocycles. The number of alkyl halides is 34. The van der Waals surface area contributed by atoms with Crippen LogP contribution >= 0.6 is 0 Å². The van der Waals surface area contributed by atoms with Crippen LogP contribution in [0.4, 0.5) is 149 Å². The Hall–Kier alpha value is -2.54. The average Bonchev–Trinajstić information content (AvgIpc) is 2.83. The highest BCUT2D eigenvalue weighted by molar-refractivity contribution is 5.05. The Labute approximate surface area is 266 Å². The summed E-state index contributed by atoms with van der Waals surface area (Å²) in [5, 5.41) is 0. The molecule has 0 radical (unpaired) electrons. The third-order valence-corrected chi connectivity index (χ3v) is 5.10. The maximum absolute atomic E-state index is 15.4. The SMILES string of the molecule is FC(F)(F)C(F)(F)C(F)(F)OC(F)(F)C(F)(OC(F)(F)C(F)(F)C(F)(F)F)C(F)(OC(F)(F)C(F)(F)C(F)(F)F)C(F)(F)OC(F)(F)C(F)(F)C(F)(F)F. The van der Waals surface area contributed by atoms with E-state index in [1.807, 2.05) is 0 Å². The van der Waals surface area contributed by atoms with Crippen LogP contribution in [-0.4, -0.2) is 96.8 Å². The minimum atomic E-state index is -10.3. The summed E-state index contributed by atoms with van der Waals surface area (Å²) in [5.41, 5.74) is 0. The second-order valence-electron chi connectivity index (χ2n) is 8.99. The summed E-state index contributed by atoms with van der Waals surface area (Å²) < 4.78 is 453. The monoisotopic (exact) mass is 902 g/mol. The van der Waals surface area contributed by atoms with Crippen molar-refractivity contribution in [2.75, 3.05) is 0 Å². The van der Waals surface area contributed by atoms with Crippen LogP contribution < -0.4 is 0 Å². The van der Waals surface area contributed by atoms with Crippen LogP contribution in [0.2, 0.25) is 0 Å². The van der Waals surface area contributed by atoms with Gasteiger partial charge in [0, 0.05) is 0 Å². The lowest BCUT2D eigenvalue weighted by atomic mass is 10.0. The van der Waals surface area contributed by atoms with E-state index in [2.05, 4.69) is 0 Å². The molecule has 0 aromatic carbocycles. The van der Waals surface area contributed by atoms with Crippen molar-refractivity contribution in [2.45, 2.75) is 96.8 Å². The molecule has 0 aliphatic carbocycles. The molecule has 0 saturated heterocycles. The Morgan fingerprint density at radius 2 is 0.296 bits per heavy atom. The van der Waals surface area contributed by atoms with Crippen molar-refractivity contribution in [1.29, 1.82) is 0 Å². The van der Waals surface area contributed by atoms with E-state index in [1.165, 1.54) is 0 Å². The average molecular weight is 902 g/mol. The van der Waals surface area contributed by atoms with Crippen molar-refractivity contribution in [1.82, 2.24) is 0 Å². The van der Waals surface area contributed by atoms with Gasteiger partial charge in [-0.1, -0.05) is 0 Å². The molecule has 0 fully saturated rings. The maximum Gasteiger partial charge on any atom is 0.462 e. The largest absolute Gasteiger partial charge is 0.462 e. The smallest absolute Gasteiger partial charge is 0.265 e. The number of halogens is 34. The molecule has 2 atom stereocenters. The fourth-order valence-electron chi connectivity index (χ4n) is 2.35. The molecular formula is C16F34O4. The van der Waals surface area contributed by atoms with Gasteiger partial charge < -0.3 is 0 Å². The van der Waals surface area contributed by atoms with Gasteiger partial charge in [-0.3, -0.25) is 9.47 Å². The van der Waals surface area contributed by atoms with Crippen LogP contribution in [0.1, 0.15) is 0 Å². The topological polar surface area (TPSA) is 36.9 Å². The van der Waals surface area contributed by atoms with Crippen LogP contribution in [0, 0.1) is 0 Å². The van der Waals surface area contributed by atoms with Crippen molar-refractivity contribution in [3.05, 3.63) is 0 Å². The van der Waals surface area contributed by atoms with E-state index in [9.17, 15) is 140 Å². The Balaban J connectivity index is 8.89. The first-order chi connectivity index (χ1) is 22.6. The Morgan fingerprint density at radius 1 is 0.167 bits per heavy atom. The second kappa shape index (κ2) is 13.0. The molecule has 0 bridgehead atoms. The predicted molar refractivity (Wildman–Crippen MR) is 85.7 cm³/mol. The lowest BCUT2D eigenvalue weighted by Gasteiger charge is -2.48. The number of rotatable bonds is 15. The molecule has 326 valence electrons. The van der Waals surface area contributed by atoms with Gasteiger partial charge in [-0.05, 0) is 0 Å². The lowest BCUT2D eigenvalue weighted by molar-refractivity contribution is -0.612. The molecule has 0 aromatic heterocycles. The standard InChI is InChI=1S/C16F34O4/c17-1(18,7(27,28)29)11(39,40)51-5(25,15(47,48)53-13(43,44)3(21,22)9(33,34)35)6(26,52-12(41,42)2(19,20)8(30,31)32)16(49,50)54-14(45,46)4(23,24)10(36,37)38. The normalized spacial score (nSPS) is 18.8. The molecule has 0 amide bonds. The van der Waals surface area contributed by atoms with Crippen LogP contribution in [0.3, 0.4) is 0 Å². The van der Waals surface area contributed by atoms with Crippen LogP contribution in [0.25, 0.3) is 0 Å². The van der Waals surface area contributed by atoms with Crippen molar-refractivity contribution in [2.24, 2.45) is 0 Å². The Bertz CT molecular complexity index is 1220. The summed E-state index contributed by atoms with van der Waals surface area (Å²) in [6.07, 6.45) is -90.3. The zero-order chi connectivity index (χ0) is 44.8. The minimum Gasteiger partial charge on any atom is -0.265 e. The molecule has 0 saturated carbocycles. The third-order valence-electron chi connectivity index (χ3n) is 5.10. The lowest BCUT2D eigenvalue weighted by Crippen LogP contribution is -2.77. The van der Waals surface area contributed by atoms with Gasteiger partial charge in [-0.2, -0.15) is 149 Å². The highest BCUT2D eigenvalue weighted by Gasteiger charge is 2.94. The highest BCUT2D eigenvalue weighted by Crippen LogP contribution is 2.64. The number of hydrogen-bond acceptors (Lipinski definition) is 4. The summed E-state index contributed by atoms with van der Waals surface area (Å²) in [4.78, 5) is 0. The molecule has 0 rings (SSSR count). The molecule has 54 heavy (non-hydrogen) atoms. The minimum absolute atomic E-state index is 0.610. The van der Waals surface area contributed by atoms with Crippen molar-refractivity contribution in [3.8, 4) is 0 Å². The fourth-order valence-corrected chi connectivity index (χ4v) is 2.35. The molecule has 0 N–H and O–H groups in total. The van der Waals surface area contributed by atoms with Crippen LogP contribution in [-0.2, 0) is 18.9 Å². The van der Waals surface area contributed by atoms with Gasteiger partial charge in [0.15, 0.2) is 0 Å². The van der Waals surface area contributed by atoms with Crippen LogP contribution in [0.5, 0.6) is 0 Å². The zero-order valence-corrected chi connectivity index (χ0v) is 22.5. The Kier molecular flexibility index (Phi) is 12.4. The molecule has 0 aliphatic rings. The van der Waals surface area contributed by atoms with E-state index in [1.54, 1.807) is 0 Å². The second-order valence-corrected chi connectivity index (χ2v) is 8.99. The van der Waals surface area contributed by atoms with Gasteiger partial charge >= 0.3 is 96.8 Å². The van der Waals surface area contributed by atoms with Gasteiger partial charge in [0.1, 0.15) is 0 Å². The Morgan fingerprint density at radius 3 is 0.426 bits per heavy atom. The molecule has 38 heteroatoms. The third kappa shape index (κ3) is 8.00. The van der Waals surface area contributed by atoms with Crippen molar-refractivity contribution < 1.29 is 168 Å². The number of hydrogen-bond donors (Lipinski definition) is 0. The molecular weight excluding hydrogens is 902 g/mol. The summed E-state index contributed by atoms with van der Waals surface area (Å²) >= 11 is 0. The molecule has 0 spiro atoms. The summed E-state index contributed by atoms with van der Waals surface area (Å²) in [5.74, 6) is -56.2. The summed E-state index contributed by atoms with van der Waals surface area (Å²) in [6.45, 7) is 0. The van der Waals surface area contributed by atoms with E-state index in [0.29, 0.717) is 18.9 Å². The first kappa shape index (κ1) is 51.5. The first-order valence-electron chi connectivity index (χ1n) is 10.8. The first-order valence-corrected chi connectivity index (χ1v) is 10.8. The molecule has 0 aliphatic heterocycles. The van der Waals surface area contributed by atoms with Gasteiger partial charge in [-0.15, -0.1) is 0 Å². The summed E-state index contributed by atoms with van der Waals surface area (Å²) in [6, 6.07) is 0. The van der Waals surface area contributed by atoms with E-state index in [0.717, 1.165) is 0 Å². The molecule has 0 aromatic rings. The van der Waals surface area contributed by atoms with Gasteiger partial charge in [0.2, 0.25) is 0 Å². The maximum atomic E-state index is 15.4. The van der Waals surface area contributed by atoms with E-state index < -0.39 is 96.8 Å². The van der Waals surface area contributed by atoms with E-state index in [4.69, 9.17) is 0 Å². The fraction of sp³-hybridized carbons (Fsp3) is 1.00. The predicted octanol–water partition coefficient (Wildman–Crippen LogP) is 10.7. The highest BCUT2D eigenvalue weighted by atomic mass is 19.5. The van der Waals surface area contributed by atoms with Crippen LogP contribution in [0.15, 0.2) is 0 Å². The molecule has 2 unspecified atom stereocenters. The molecule has 4 nitrogen and oxygen atoms in total. The van der Waals surface area contributed by atoms with E-state index in [-0.39, 0.29) is 0 Å². The van der Waals surface area contributed by atoms with Gasteiger partial charge in [-0.25, -0.2) is 9.47 Å². The van der Waals surface area contributed by atoms with Gasteiger partial charge in [0.05, 0.1) is 0 Å². The van der Waals surface area contributed by atoms with E-state index >= 15 is 8.78 Å². The van der Waals surface area contributed by atoms with Crippen molar-refractivity contribution >= 4 is 0 Å². The quantitative estimate of drug-likeness (QED) is 0.154.